The number of nitrogens with zero attached hydrogens (tertiary/aromatic N) is 2. The molecule has 1 heterocycles. The highest BCUT2D eigenvalue weighted by molar-refractivity contribution is 6.31. The smallest absolute Gasteiger partial charge is 0.319 e. The van der Waals surface area contributed by atoms with Gasteiger partial charge in [-0.1, -0.05) is 24.6 Å². The molecule has 23 heavy (non-hydrogen) atoms. The first kappa shape index (κ1) is 18.0. The van der Waals surface area contributed by atoms with Gasteiger partial charge >= 0.3 is 6.03 Å². The number of hydrogen-bond donors (Lipinski definition) is 2. The van der Waals surface area contributed by atoms with E-state index in [4.69, 9.17) is 11.6 Å². The summed E-state index contributed by atoms with van der Waals surface area (Å²) < 4.78 is 0. The van der Waals surface area contributed by atoms with Gasteiger partial charge in [-0.25, -0.2) is 4.79 Å². The molecule has 1 aromatic carbocycles. The number of benzene rings is 1. The standard InChI is InChI=1S/C17H27ClN4O/c1-13(12-22-8-6-21(3)7-9-22)11-19-17(23)20-15-5-4-14(2)16(18)10-15/h4-5,10,13H,6-9,11-12H2,1-3H3,(H2,19,20,23)/t13-/m0/s1. The zero-order valence-corrected chi connectivity index (χ0v) is 15.0. The number of carbonyl (C=O) groups is 1. The first-order chi connectivity index (χ1) is 10.9. The maximum Gasteiger partial charge on any atom is 0.319 e. The van der Waals surface area contributed by atoms with Crippen LogP contribution in [0.2, 0.25) is 5.02 Å². The summed E-state index contributed by atoms with van der Waals surface area (Å²) in [5.41, 5.74) is 1.71. The summed E-state index contributed by atoms with van der Waals surface area (Å²) >= 11 is 6.06. The molecule has 6 heteroatoms. The van der Waals surface area contributed by atoms with Crippen LogP contribution < -0.4 is 10.6 Å². The van der Waals surface area contributed by atoms with Crippen molar-refractivity contribution in [2.24, 2.45) is 5.92 Å². The lowest BCUT2D eigenvalue weighted by Crippen LogP contribution is -2.47. The molecule has 1 atom stereocenters. The zero-order chi connectivity index (χ0) is 16.8. The largest absolute Gasteiger partial charge is 0.338 e. The molecular formula is C17H27ClN4O. The molecule has 0 unspecified atom stereocenters. The van der Waals surface area contributed by atoms with Crippen LogP contribution in [0.25, 0.3) is 0 Å². The average Bonchev–Trinajstić information content (AvgIpc) is 2.51. The maximum absolute atomic E-state index is 12.0. The van der Waals surface area contributed by atoms with Crippen LogP contribution >= 0.6 is 11.6 Å². The first-order valence-corrected chi connectivity index (χ1v) is 8.53. The van der Waals surface area contributed by atoms with Gasteiger partial charge in [-0.05, 0) is 37.6 Å². The Balaban J connectivity index is 1.70. The van der Waals surface area contributed by atoms with Crippen molar-refractivity contribution in [1.82, 2.24) is 15.1 Å². The predicted molar refractivity (Wildman–Crippen MR) is 96.3 cm³/mol. The lowest BCUT2D eigenvalue weighted by Gasteiger charge is -2.33. The molecule has 1 fully saturated rings. The summed E-state index contributed by atoms with van der Waals surface area (Å²) in [4.78, 5) is 16.8. The second kappa shape index (κ2) is 8.52. The number of likely N-dealkylation sites (N-methyl/N-ethyl adjacent to an activating group) is 1. The quantitative estimate of drug-likeness (QED) is 0.867. The van der Waals surface area contributed by atoms with E-state index < -0.39 is 0 Å². The lowest BCUT2D eigenvalue weighted by atomic mass is 10.1. The van der Waals surface area contributed by atoms with Crippen LogP contribution in [-0.2, 0) is 0 Å². The number of aryl methyl sites for hydroxylation is 1. The van der Waals surface area contributed by atoms with Crippen molar-refractivity contribution in [3.8, 4) is 0 Å². The number of halogens is 1. The average molecular weight is 339 g/mol. The minimum absolute atomic E-state index is 0.185. The third-order valence-electron chi connectivity index (χ3n) is 4.21. The van der Waals surface area contributed by atoms with Crippen molar-refractivity contribution in [2.75, 3.05) is 51.6 Å². The van der Waals surface area contributed by atoms with Gasteiger partial charge in [-0.2, -0.15) is 0 Å². The highest BCUT2D eigenvalue weighted by atomic mass is 35.5. The van der Waals surface area contributed by atoms with Crippen molar-refractivity contribution < 1.29 is 4.79 Å². The number of hydrogen-bond acceptors (Lipinski definition) is 3. The van der Waals surface area contributed by atoms with Crippen LogP contribution in [-0.4, -0.2) is 62.1 Å². The molecule has 2 amide bonds. The van der Waals surface area contributed by atoms with E-state index in [2.05, 4.69) is 34.4 Å². The molecule has 1 saturated heterocycles. The Hall–Kier alpha value is -1.30. The first-order valence-electron chi connectivity index (χ1n) is 8.16. The van der Waals surface area contributed by atoms with Crippen LogP contribution in [0.1, 0.15) is 12.5 Å². The van der Waals surface area contributed by atoms with Gasteiger partial charge in [0, 0.05) is 50.0 Å². The summed E-state index contributed by atoms with van der Waals surface area (Å²) in [5.74, 6) is 0.422. The van der Waals surface area contributed by atoms with E-state index in [9.17, 15) is 4.79 Å². The topological polar surface area (TPSA) is 47.6 Å². The molecule has 0 radical (unpaired) electrons. The molecule has 0 aromatic heterocycles. The Morgan fingerprint density at radius 1 is 1.30 bits per heavy atom. The van der Waals surface area contributed by atoms with Crippen molar-refractivity contribution in [3.05, 3.63) is 28.8 Å². The lowest BCUT2D eigenvalue weighted by molar-refractivity contribution is 0.138. The Kier molecular flexibility index (Phi) is 6.69. The van der Waals surface area contributed by atoms with Gasteiger partial charge in [0.05, 0.1) is 0 Å². The van der Waals surface area contributed by atoms with Crippen molar-refractivity contribution >= 4 is 23.3 Å². The summed E-state index contributed by atoms with van der Waals surface area (Å²) in [7, 11) is 2.16. The van der Waals surface area contributed by atoms with Crippen LogP contribution in [0, 0.1) is 12.8 Å². The SMILES string of the molecule is Cc1ccc(NC(=O)NC[C@H](C)CN2CCN(C)CC2)cc1Cl. The Morgan fingerprint density at radius 2 is 2.00 bits per heavy atom. The van der Waals surface area contributed by atoms with Gasteiger partial charge in [0.25, 0.3) is 0 Å². The van der Waals surface area contributed by atoms with E-state index in [1.54, 1.807) is 6.07 Å². The van der Waals surface area contributed by atoms with Crippen LogP contribution in [0.5, 0.6) is 0 Å². The van der Waals surface area contributed by atoms with Crippen LogP contribution in [0.3, 0.4) is 0 Å². The molecule has 0 saturated carbocycles. The minimum atomic E-state index is -0.185. The number of urea groups is 1. The molecule has 2 rings (SSSR count). The molecular weight excluding hydrogens is 312 g/mol. The Bertz CT molecular complexity index is 529. The highest BCUT2D eigenvalue weighted by Gasteiger charge is 2.16. The van der Waals surface area contributed by atoms with Gasteiger partial charge < -0.3 is 20.4 Å². The van der Waals surface area contributed by atoms with Gasteiger partial charge in [0.2, 0.25) is 0 Å². The summed E-state index contributed by atoms with van der Waals surface area (Å²) in [6.07, 6.45) is 0. The molecule has 2 N–H and O–H groups in total. The van der Waals surface area contributed by atoms with Crippen molar-refractivity contribution in [3.63, 3.8) is 0 Å². The fraction of sp³-hybridized carbons (Fsp3) is 0.588. The van der Waals surface area contributed by atoms with E-state index in [0.717, 1.165) is 38.3 Å². The molecule has 0 spiro atoms. The second-order valence-electron chi connectivity index (χ2n) is 6.51. The summed E-state index contributed by atoms with van der Waals surface area (Å²) in [6.45, 7) is 10.2. The number of nitrogens with one attached hydrogen (secondary N) is 2. The number of amides is 2. The van der Waals surface area contributed by atoms with Gasteiger partial charge in [-0.15, -0.1) is 0 Å². The Morgan fingerprint density at radius 3 is 2.65 bits per heavy atom. The Labute approximate surface area is 144 Å². The van der Waals surface area contributed by atoms with E-state index >= 15 is 0 Å². The van der Waals surface area contributed by atoms with Crippen LogP contribution in [0.4, 0.5) is 10.5 Å². The van der Waals surface area contributed by atoms with Crippen LogP contribution in [0.15, 0.2) is 18.2 Å². The highest BCUT2D eigenvalue weighted by Crippen LogP contribution is 2.19. The number of rotatable bonds is 5. The zero-order valence-electron chi connectivity index (χ0n) is 14.2. The van der Waals surface area contributed by atoms with E-state index in [1.807, 2.05) is 19.1 Å². The molecule has 128 valence electrons. The molecule has 5 nitrogen and oxygen atoms in total. The minimum Gasteiger partial charge on any atom is -0.338 e. The molecule has 1 aliphatic rings. The summed E-state index contributed by atoms with van der Waals surface area (Å²) in [6, 6.07) is 5.34. The maximum atomic E-state index is 12.0. The molecule has 0 aliphatic carbocycles. The molecule has 1 aromatic rings. The van der Waals surface area contributed by atoms with E-state index in [0.29, 0.717) is 23.2 Å². The molecule has 0 bridgehead atoms. The predicted octanol–water partition coefficient (Wildman–Crippen LogP) is 2.65. The van der Waals surface area contributed by atoms with Crippen molar-refractivity contribution in [1.29, 1.82) is 0 Å². The van der Waals surface area contributed by atoms with Crippen molar-refractivity contribution in [2.45, 2.75) is 13.8 Å². The fourth-order valence-corrected chi connectivity index (χ4v) is 2.83. The monoisotopic (exact) mass is 338 g/mol. The number of piperazine rings is 1. The fourth-order valence-electron chi connectivity index (χ4n) is 2.65. The number of carbonyl (C=O) groups excluding carboxylic acids is 1. The van der Waals surface area contributed by atoms with Gasteiger partial charge in [-0.3, -0.25) is 0 Å². The van der Waals surface area contributed by atoms with Gasteiger partial charge in [0.1, 0.15) is 0 Å². The van der Waals surface area contributed by atoms with E-state index in [-0.39, 0.29) is 6.03 Å². The normalized spacial score (nSPS) is 17.7. The van der Waals surface area contributed by atoms with Gasteiger partial charge in [0.15, 0.2) is 0 Å². The third-order valence-corrected chi connectivity index (χ3v) is 4.61. The summed E-state index contributed by atoms with van der Waals surface area (Å²) in [5, 5.41) is 6.41. The third kappa shape index (κ3) is 6.01. The molecule has 1 aliphatic heterocycles. The number of anilines is 1. The second-order valence-corrected chi connectivity index (χ2v) is 6.92. The van der Waals surface area contributed by atoms with E-state index in [1.165, 1.54) is 0 Å².